The maximum Gasteiger partial charge on any atom is 0.319 e. The number of aliphatic carboxylic acids is 1. The van der Waals surface area contributed by atoms with E-state index in [0.717, 1.165) is 53.6 Å². The van der Waals surface area contributed by atoms with Crippen LogP contribution in [0, 0.1) is 6.92 Å². The fraction of sp³-hybridized carbons (Fsp3) is 0.333. The van der Waals surface area contributed by atoms with Gasteiger partial charge >= 0.3 is 5.97 Å². The first kappa shape index (κ1) is 20.8. The Morgan fingerprint density at radius 2 is 2.03 bits per heavy atom. The third kappa shape index (κ3) is 4.02. The Bertz CT molecular complexity index is 1170. The average Bonchev–Trinajstić information content (AvgIpc) is 3.47. The molecule has 0 amide bonds. The highest BCUT2D eigenvalue weighted by atomic mass is 32.2. The van der Waals surface area contributed by atoms with Gasteiger partial charge in [0, 0.05) is 11.3 Å². The van der Waals surface area contributed by atoms with Crippen molar-refractivity contribution in [2.45, 2.75) is 37.4 Å². The molecule has 166 valence electrons. The first-order chi connectivity index (χ1) is 15.5. The second-order valence-corrected chi connectivity index (χ2v) is 9.34. The van der Waals surface area contributed by atoms with Crippen LogP contribution in [0.3, 0.4) is 0 Å². The Kier molecular flexibility index (Phi) is 5.46. The molecule has 0 saturated heterocycles. The molecule has 0 unspecified atom stereocenters. The van der Waals surface area contributed by atoms with Gasteiger partial charge in [-0.05, 0) is 62.6 Å². The van der Waals surface area contributed by atoms with E-state index >= 15 is 0 Å². The number of aromatic nitrogens is 1. The third-order valence-corrected chi connectivity index (χ3v) is 7.32. The molecule has 32 heavy (non-hydrogen) atoms. The number of hydrogen-bond acceptors (Lipinski definition) is 7. The lowest BCUT2D eigenvalue weighted by Gasteiger charge is -2.36. The molecule has 1 aliphatic heterocycles. The molecule has 2 aromatic heterocycles. The van der Waals surface area contributed by atoms with Crippen molar-refractivity contribution in [1.82, 2.24) is 4.98 Å². The van der Waals surface area contributed by atoms with E-state index in [-0.39, 0.29) is 6.79 Å². The SMILES string of the molecule is Cc1oc(-c2ccc3c(c2)OCO3)nc1Cc1ccc(C=CCSC2(C(=O)O)CCC2)o1. The lowest BCUT2D eigenvalue weighted by Crippen LogP contribution is -2.42. The van der Waals surface area contributed by atoms with Crippen LogP contribution in [-0.2, 0) is 11.2 Å². The van der Waals surface area contributed by atoms with E-state index in [9.17, 15) is 9.90 Å². The van der Waals surface area contributed by atoms with Gasteiger partial charge in [-0.15, -0.1) is 11.8 Å². The number of thioether (sulfide) groups is 1. The van der Waals surface area contributed by atoms with Gasteiger partial charge in [0.15, 0.2) is 11.5 Å². The minimum Gasteiger partial charge on any atom is -0.480 e. The van der Waals surface area contributed by atoms with Gasteiger partial charge in [0.1, 0.15) is 22.0 Å². The van der Waals surface area contributed by atoms with Gasteiger partial charge in [0.25, 0.3) is 0 Å². The predicted molar refractivity (Wildman–Crippen MR) is 120 cm³/mol. The van der Waals surface area contributed by atoms with Crippen LogP contribution in [0.5, 0.6) is 11.5 Å². The Labute approximate surface area is 189 Å². The molecule has 1 saturated carbocycles. The number of rotatable bonds is 8. The largest absolute Gasteiger partial charge is 0.480 e. The first-order valence-corrected chi connectivity index (χ1v) is 11.5. The Hall–Kier alpha value is -3.13. The lowest BCUT2D eigenvalue weighted by molar-refractivity contribution is -0.142. The van der Waals surface area contributed by atoms with Crippen LogP contribution in [0.25, 0.3) is 17.5 Å². The highest BCUT2D eigenvalue weighted by Crippen LogP contribution is 2.44. The molecule has 3 aromatic rings. The average molecular weight is 454 g/mol. The molecule has 1 aromatic carbocycles. The summed E-state index contributed by atoms with van der Waals surface area (Å²) < 4.78 is 22.0. The second-order valence-electron chi connectivity index (χ2n) is 7.94. The summed E-state index contributed by atoms with van der Waals surface area (Å²) in [6.07, 6.45) is 6.84. The predicted octanol–water partition coefficient (Wildman–Crippen LogP) is 5.32. The summed E-state index contributed by atoms with van der Waals surface area (Å²) in [6.45, 7) is 2.11. The number of aryl methyl sites for hydroxylation is 1. The number of oxazole rings is 1. The lowest BCUT2D eigenvalue weighted by atomic mass is 9.84. The van der Waals surface area contributed by atoms with Crippen molar-refractivity contribution in [3.05, 3.63) is 59.4 Å². The zero-order chi connectivity index (χ0) is 22.1. The summed E-state index contributed by atoms with van der Waals surface area (Å²) in [4.78, 5) is 16.1. The van der Waals surface area contributed by atoms with E-state index < -0.39 is 10.7 Å². The Morgan fingerprint density at radius 1 is 1.19 bits per heavy atom. The van der Waals surface area contributed by atoms with Gasteiger partial charge in [-0.1, -0.05) is 6.08 Å². The third-order valence-electron chi connectivity index (χ3n) is 5.83. The van der Waals surface area contributed by atoms with E-state index in [2.05, 4.69) is 4.98 Å². The topological polar surface area (TPSA) is 94.9 Å². The number of fused-ring (bicyclic) bond motifs is 1. The van der Waals surface area contributed by atoms with Gasteiger partial charge in [-0.3, -0.25) is 4.79 Å². The zero-order valence-corrected chi connectivity index (χ0v) is 18.4. The van der Waals surface area contributed by atoms with Crippen LogP contribution in [0.1, 0.15) is 42.2 Å². The minimum atomic E-state index is -0.703. The maximum atomic E-state index is 11.4. The number of carboxylic acid groups (broad SMARTS) is 1. The van der Waals surface area contributed by atoms with Crippen LogP contribution in [-0.4, -0.2) is 33.4 Å². The first-order valence-electron chi connectivity index (χ1n) is 10.5. The molecule has 1 aliphatic carbocycles. The van der Waals surface area contributed by atoms with Crippen LogP contribution in [0.2, 0.25) is 0 Å². The van der Waals surface area contributed by atoms with Crippen LogP contribution in [0.15, 0.2) is 45.2 Å². The van der Waals surface area contributed by atoms with Gasteiger partial charge in [-0.2, -0.15) is 0 Å². The fourth-order valence-electron chi connectivity index (χ4n) is 3.78. The summed E-state index contributed by atoms with van der Waals surface area (Å²) in [5.41, 5.74) is 1.64. The van der Waals surface area contributed by atoms with Crippen molar-refractivity contribution in [2.24, 2.45) is 0 Å². The normalized spacial score (nSPS) is 16.4. The quantitative estimate of drug-likeness (QED) is 0.490. The second kappa shape index (κ2) is 8.43. The van der Waals surface area contributed by atoms with E-state index in [1.54, 1.807) is 0 Å². The van der Waals surface area contributed by atoms with Gasteiger partial charge in [0.05, 0.1) is 12.1 Å². The van der Waals surface area contributed by atoms with Crippen molar-refractivity contribution in [2.75, 3.05) is 12.5 Å². The van der Waals surface area contributed by atoms with E-state index in [1.807, 2.05) is 49.4 Å². The number of nitrogens with zero attached hydrogens (tertiary/aromatic N) is 1. The summed E-state index contributed by atoms with van der Waals surface area (Å²) in [5.74, 6) is 4.13. The fourth-order valence-corrected chi connectivity index (χ4v) is 4.99. The highest BCUT2D eigenvalue weighted by molar-refractivity contribution is 8.01. The van der Waals surface area contributed by atoms with Crippen molar-refractivity contribution in [1.29, 1.82) is 0 Å². The molecule has 0 spiro atoms. The van der Waals surface area contributed by atoms with E-state index in [1.165, 1.54) is 11.8 Å². The molecule has 1 N–H and O–H groups in total. The number of hydrogen-bond donors (Lipinski definition) is 1. The number of benzene rings is 1. The number of ether oxygens (including phenoxy) is 2. The maximum absolute atomic E-state index is 11.4. The molecule has 2 aliphatic rings. The van der Waals surface area contributed by atoms with E-state index in [4.69, 9.17) is 18.3 Å². The van der Waals surface area contributed by atoms with Gasteiger partial charge < -0.3 is 23.4 Å². The molecule has 3 heterocycles. The zero-order valence-electron chi connectivity index (χ0n) is 17.6. The van der Waals surface area contributed by atoms with E-state index in [0.29, 0.717) is 23.8 Å². The van der Waals surface area contributed by atoms with Gasteiger partial charge in [-0.25, -0.2) is 4.98 Å². The Balaban J connectivity index is 1.22. The van der Waals surface area contributed by atoms with Crippen molar-refractivity contribution < 1.29 is 28.2 Å². The highest BCUT2D eigenvalue weighted by Gasteiger charge is 2.44. The number of furan rings is 1. The monoisotopic (exact) mass is 453 g/mol. The molecule has 1 fully saturated rings. The summed E-state index contributed by atoms with van der Waals surface area (Å²) >= 11 is 1.49. The van der Waals surface area contributed by atoms with Gasteiger partial charge in [0.2, 0.25) is 12.7 Å². The molecule has 7 nitrogen and oxygen atoms in total. The van der Waals surface area contributed by atoms with Crippen LogP contribution < -0.4 is 9.47 Å². The Morgan fingerprint density at radius 3 is 2.81 bits per heavy atom. The summed E-state index contributed by atoms with van der Waals surface area (Å²) in [7, 11) is 0. The molecule has 0 radical (unpaired) electrons. The summed E-state index contributed by atoms with van der Waals surface area (Å²) in [5, 5.41) is 9.39. The molecule has 8 heteroatoms. The van der Waals surface area contributed by atoms with Crippen LogP contribution >= 0.6 is 11.8 Å². The summed E-state index contributed by atoms with van der Waals surface area (Å²) in [6, 6.07) is 9.44. The van der Waals surface area contributed by atoms with Crippen molar-refractivity contribution in [3.8, 4) is 23.0 Å². The van der Waals surface area contributed by atoms with Crippen molar-refractivity contribution in [3.63, 3.8) is 0 Å². The standard InChI is InChI=1S/C24H23NO6S/c1-15-19(25-22(30-15)16-5-8-20-21(12-16)29-14-28-20)13-18-7-6-17(31-18)4-2-11-32-24(23(26)27)9-3-10-24/h2,4-8,12H,3,9-11,13-14H2,1H3,(H,26,27). The number of carboxylic acids is 1. The molecular weight excluding hydrogens is 430 g/mol. The van der Waals surface area contributed by atoms with Crippen molar-refractivity contribution >= 4 is 23.8 Å². The van der Waals surface area contributed by atoms with Crippen LogP contribution in [0.4, 0.5) is 0 Å². The molecule has 0 atom stereocenters. The smallest absolute Gasteiger partial charge is 0.319 e. The molecule has 5 rings (SSSR count). The molecular formula is C24H23NO6S. The number of carbonyl (C=O) groups is 1. The molecule has 0 bridgehead atoms. The minimum absolute atomic E-state index is 0.225.